The van der Waals surface area contributed by atoms with Crippen LogP contribution in [-0.4, -0.2) is 29.4 Å². The number of carbonyl (C=O) groups excluding carboxylic acids is 1. The van der Waals surface area contributed by atoms with Crippen LogP contribution in [0.1, 0.15) is 35.7 Å². The molecule has 1 N–H and O–H groups in total. The maximum Gasteiger partial charge on any atom is 0.256 e. The molecular weight excluding hydrogens is 390 g/mol. The summed E-state index contributed by atoms with van der Waals surface area (Å²) in [6.07, 6.45) is 3.64. The number of hydrogen-bond donors (Lipinski definition) is 1. The summed E-state index contributed by atoms with van der Waals surface area (Å²) in [5.74, 6) is 1.47. The monoisotopic (exact) mass is 413 g/mol. The van der Waals surface area contributed by atoms with Crippen LogP contribution >= 0.6 is 11.6 Å². The predicted octanol–water partition coefficient (Wildman–Crippen LogP) is 5.02. The lowest BCUT2D eigenvalue weighted by Gasteiger charge is -2.13. The minimum Gasteiger partial charge on any atom is -0.493 e. The fourth-order valence-corrected chi connectivity index (χ4v) is 2.99. The number of nitrogens with one attached hydrogen (secondary N) is 1. The molecule has 0 aliphatic heterocycles. The molecular formula is C22H24ClN3O3. The van der Waals surface area contributed by atoms with E-state index in [0.29, 0.717) is 41.1 Å². The maximum atomic E-state index is 12.7. The van der Waals surface area contributed by atoms with Crippen LogP contribution in [0.4, 0.5) is 5.82 Å². The molecule has 2 aromatic carbocycles. The lowest BCUT2D eigenvalue weighted by atomic mass is 10.2. The summed E-state index contributed by atoms with van der Waals surface area (Å²) in [4.78, 5) is 12.7. The molecule has 7 heteroatoms. The standard InChI is InChI=1S/C22H24ClN3O3/c1-3-4-13-29-19-10-9-16(14-20(19)28-2)22(27)25-21-11-12-24-26(21)15-17-7-5-6-8-18(17)23/h5-12,14H,3-4,13,15H2,1-2H3,(H,25,27). The van der Waals surface area contributed by atoms with Crippen molar-refractivity contribution in [1.82, 2.24) is 9.78 Å². The Labute approximate surface area is 175 Å². The van der Waals surface area contributed by atoms with Crippen molar-refractivity contribution >= 4 is 23.3 Å². The van der Waals surface area contributed by atoms with Crippen LogP contribution < -0.4 is 14.8 Å². The first-order chi connectivity index (χ1) is 14.1. The molecule has 0 unspecified atom stereocenters. The van der Waals surface area contributed by atoms with Gasteiger partial charge in [-0.2, -0.15) is 5.10 Å². The van der Waals surface area contributed by atoms with Gasteiger partial charge in [-0.15, -0.1) is 0 Å². The molecule has 1 heterocycles. The number of unbranched alkanes of at least 4 members (excludes halogenated alkanes) is 1. The molecule has 0 aliphatic rings. The molecule has 0 radical (unpaired) electrons. The third-order valence-electron chi connectivity index (χ3n) is 4.42. The van der Waals surface area contributed by atoms with Crippen molar-refractivity contribution in [3.8, 4) is 11.5 Å². The van der Waals surface area contributed by atoms with Crippen LogP contribution in [0.25, 0.3) is 0 Å². The van der Waals surface area contributed by atoms with E-state index in [4.69, 9.17) is 21.1 Å². The van der Waals surface area contributed by atoms with Gasteiger partial charge in [0.25, 0.3) is 5.91 Å². The molecule has 152 valence electrons. The van der Waals surface area contributed by atoms with E-state index >= 15 is 0 Å². The van der Waals surface area contributed by atoms with Gasteiger partial charge in [0, 0.05) is 16.7 Å². The Morgan fingerprint density at radius 3 is 2.76 bits per heavy atom. The Balaban J connectivity index is 1.72. The normalized spacial score (nSPS) is 10.6. The van der Waals surface area contributed by atoms with Crippen molar-refractivity contribution in [2.75, 3.05) is 19.0 Å². The third kappa shape index (κ3) is 5.29. The van der Waals surface area contributed by atoms with Crippen molar-refractivity contribution in [3.05, 3.63) is 70.9 Å². The van der Waals surface area contributed by atoms with Crippen LogP contribution in [0, 0.1) is 0 Å². The van der Waals surface area contributed by atoms with Gasteiger partial charge in [-0.1, -0.05) is 43.1 Å². The molecule has 0 atom stereocenters. The van der Waals surface area contributed by atoms with Crippen molar-refractivity contribution in [1.29, 1.82) is 0 Å². The van der Waals surface area contributed by atoms with Crippen LogP contribution in [0.5, 0.6) is 11.5 Å². The average Bonchev–Trinajstić information content (AvgIpc) is 3.16. The topological polar surface area (TPSA) is 65.4 Å². The fourth-order valence-electron chi connectivity index (χ4n) is 2.80. The van der Waals surface area contributed by atoms with E-state index in [2.05, 4.69) is 17.3 Å². The number of amides is 1. The largest absolute Gasteiger partial charge is 0.493 e. The van der Waals surface area contributed by atoms with Crippen molar-refractivity contribution in [2.45, 2.75) is 26.3 Å². The summed E-state index contributed by atoms with van der Waals surface area (Å²) in [5.41, 5.74) is 1.39. The highest BCUT2D eigenvalue weighted by Crippen LogP contribution is 2.28. The molecule has 3 rings (SSSR count). The minimum absolute atomic E-state index is 0.260. The number of benzene rings is 2. The van der Waals surface area contributed by atoms with E-state index in [0.717, 1.165) is 18.4 Å². The summed E-state index contributed by atoms with van der Waals surface area (Å²) in [6.45, 7) is 3.17. The third-order valence-corrected chi connectivity index (χ3v) is 4.79. The smallest absolute Gasteiger partial charge is 0.256 e. The van der Waals surface area contributed by atoms with Gasteiger partial charge in [0.1, 0.15) is 5.82 Å². The van der Waals surface area contributed by atoms with Gasteiger partial charge in [0.2, 0.25) is 0 Å². The van der Waals surface area contributed by atoms with Gasteiger partial charge in [0.15, 0.2) is 11.5 Å². The van der Waals surface area contributed by atoms with Gasteiger partial charge in [0.05, 0.1) is 26.5 Å². The Bertz CT molecular complexity index is 971. The summed E-state index contributed by atoms with van der Waals surface area (Å²) < 4.78 is 12.8. The molecule has 6 nitrogen and oxygen atoms in total. The number of ether oxygens (including phenoxy) is 2. The van der Waals surface area contributed by atoms with Gasteiger partial charge >= 0.3 is 0 Å². The fraction of sp³-hybridized carbons (Fsp3) is 0.273. The molecule has 0 saturated heterocycles. The lowest BCUT2D eigenvalue weighted by Crippen LogP contribution is -2.16. The number of anilines is 1. The molecule has 0 aliphatic carbocycles. The molecule has 0 fully saturated rings. The Hall–Kier alpha value is -2.99. The van der Waals surface area contributed by atoms with Crippen molar-refractivity contribution in [3.63, 3.8) is 0 Å². The molecule has 1 amide bonds. The first kappa shape index (κ1) is 20.7. The van der Waals surface area contributed by atoms with Crippen molar-refractivity contribution in [2.24, 2.45) is 0 Å². The number of rotatable bonds is 9. The van der Waals surface area contributed by atoms with Crippen LogP contribution in [0.15, 0.2) is 54.7 Å². The zero-order valence-electron chi connectivity index (χ0n) is 16.5. The van der Waals surface area contributed by atoms with Crippen LogP contribution in [0.2, 0.25) is 5.02 Å². The van der Waals surface area contributed by atoms with Crippen LogP contribution in [-0.2, 0) is 6.54 Å². The molecule has 0 bridgehead atoms. The second-order valence-corrected chi connectivity index (χ2v) is 6.89. The number of methoxy groups -OCH3 is 1. The maximum absolute atomic E-state index is 12.7. The van der Waals surface area contributed by atoms with Gasteiger partial charge in [-0.25, -0.2) is 4.68 Å². The summed E-state index contributed by atoms with van der Waals surface area (Å²) >= 11 is 6.23. The number of aromatic nitrogens is 2. The summed E-state index contributed by atoms with van der Waals surface area (Å²) in [7, 11) is 1.56. The van der Waals surface area contributed by atoms with Gasteiger partial charge < -0.3 is 14.8 Å². The molecule has 0 spiro atoms. The second kappa shape index (κ2) is 9.98. The molecule has 0 saturated carbocycles. The first-order valence-electron chi connectivity index (χ1n) is 9.49. The van der Waals surface area contributed by atoms with Crippen LogP contribution in [0.3, 0.4) is 0 Å². The Kier molecular flexibility index (Phi) is 7.14. The average molecular weight is 414 g/mol. The van der Waals surface area contributed by atoms with Crippen molar-refractivity contribution < 1.29 is 14.3 Å². The zero-order chi connectivity index (χ0) is 20.6. The summed E-state index contributed by atoms with van der Waals surface area (Å²) in [6, 6.07) is 14.4. The zero-order valence-corrected chi connectivity index (χ0v) is 17.3. The molecule has 3 aromatic rings. The predicted molar refractivity (Wildman–Crippen MR) is 114 cm³/mol. The van der Waals surface area contributed by atoms with E-state index in [9.17, 15) is 4.79 Å². The SMILES string of the molecule is CCCCOc1ccc(C(=O)Nc2ccnn2Cc2ccccc2Cl)cc1OC. The van der Waals surface area contributed by atoms with Gasteiger partial charge in [-0.05, 0) is 36.2 Å². The highest BCUT2D eigenvalue weighted by molar-refractivity contribution is 6.31. The second-order valence-electron chi connectivity index (χ2n) is 6.49. The highest BCUT2D eigenvalue weighted by atomic mass is 35.5. The van der Waals surface area contributed by atoms with E-state index in [1.807, 2.05) is 24.3 Å². The lowest BCUT2D eigenvalue weighted by molar-refractivity contribution is 0.102. The Morgan fingerprint density at radius 1 is 1.17 bits per heavy atom. The number of carbonyl (C=O) groups is 1. The summed E-state index contributed by atoms with van der Waals surface area (Å²) in [5, 5.41) is 7.84. The number of halogens is 1. The van der Waals surface area contributed by atoms with E-state index in [1.165, 1.54) is 0 Å². The van der Waals surface area contributed by atoms with E-state index in [1.54, 1.807) is 42.3 Å². The minimum atomic E-state index is -0.260. The van der Waals surface area contributed by atoms with E-state index in [-0.39, 0.29) is 5.91 Å². The van der Waals surface area contributed by atoms with E-state index < -0.39 is 0 Å². The Morgan fingerprint density at radius 2 is 2.00 bits per heavy atom. The quantitative estimate of drug-likeness (QED) is 0.500. The number of nitrogens with zero attached hydrogens (tertiary/aromatic N) is 2. The molecule has 1 aromatic heterocycles. The number of hydrogen-bond acceptors (Lipinski definition) is 4. The first-order valence-corrected chi connectivity index (χ1v) is 9.87. The molecule has 29 heavy (non-hydrogen) atoms. The van der Waals surface area contributed by atoms with Gasteiger partial charge in [-0.3, -0.25) is 4.79 Å². The highest BCUT2D eigenvalue weighted by Gasteiger charge is 2.14.